The van der Waals surface area contributed by atoms with E-state index in [-0.39, 0.29) is 14.9 Å². The van der Waals surface area contributed by atoms with Gasteiger partial charge in [0.2, 0.25) is 10.0 Å². The first-order chi connectivity index (χ1) is 8.44. The molecule has 0 fully saturated rings. The van der Waals surface area contributed by atoms with E-state index in [1.165, 1.54) is 0 Å². The van der Waals surface area contributed by atoms with Crippen LogP contribution in [0.4, 0.5) is 5.69 Å². The third-order valence-electron chi connectivity index (χ3n) is 1.93. The molecule has 1 aromatic rings. The van der Waals surface area contributed by atoms with Gasteiger partial charge in [-0.3, -0.25) is 10.1 Å². The average Bonchev–Trinajstić information content (AvgIpc) is 2.11. The molecule has 0 amide bonds. The van der Waals surface area contributed by atoms with Crippen molar-refractivity contribution in [2.24, 2.45) is 0 Å². The second kappa shape index (κ2) is 5.24. The first-order valence-corrected chi connectivity index (χ1v) is 7.35. The zero-order valence-electron chi connectivity index (χ0n) is 10.4. The Morgan fingerprint density at radius 3 is 2.16 bits per heavy atom. The molecule has 0 aliphatic carbocycles. The average molecular weight is 327 g/mol. The zero-order chi connectivity index (χ0) is 15.0. The standard InChI is InChI=1S/C10H12Cl2N2O4S/c1-10(2,3)13-19(17,18)9-5-8(14(15)16)6(11)4-7(9)12/h4-5,13H,1-3H3. The molecule has 6 nitrogen and oxygen atoms in total. The molecule has 0 bridgehead atoms. The molecule has 9 heteroatoms. The lowest BCUT2D eigenvalue weighted by atomic mass is 10.1. The molecule has 0 aromatic heterocycles. The van der Waals surface area contributed by atoms with Crippen molar-refractivity contribution in [2.75, 3.05) is 0 Å². The molecule has 19 heavy (non-hydrogen) atoms. The fourth-order valence-corrected chi connectivity index (χ4v) is 3.58. The van der Waals surface area contributed by atoms with E-state index >= 15 is 0 Å². The van der Waals surface area contributed by atoms with Gasteiger partial charge in [-0.15, -0.1) is 0 Å². The van der Waals surface area contributed by atoms with E-state index in [1.54, 1.807) is 20.8 Å². The smallest absolute Gasteiger partial charge is 0.258 e. The lowest BCUT2D eigenvalue weighted by molar-refractivity contribution is -0.384. The third kappa shape index (κ3) is 4.04. The molecule has 0 saturated carbocycles. The van der Waals surface area contributed by atoms with Crippen LogP contribution >= 0.6 is 23.2 Å². The monoisotopic (exact) mass is 326 g/mol. The van der Waals surface area contributed by atoms with Gasteiger partial charge in [0, 0.05) is 11.6 Å². The predicted molar refractivity (Wildman–Crippen MR) is 73.2 cm³/mol. The summed E-state index contributed by atoms with van der Waals surface area (Å²) in [6, 6.07) is 1.89. The van der Waals surface area contributed by atoms with E-state index in [2.05, 4.69) is 4.72 Å². The highest BCUT2D eigenvalue weighted by Crippen LogP contribution is 2.33. The highest BCUT2D eigenvalue weighted by atomic mass is 35.5. The second-order valence-electron chi connectivity index (χ2n) is 4.85. The molecule has 1 rings (SSSR count). The Kier molecular flexibility index (Phi) is 4.46. The molecule has 0 saturated heterocycles. The Labute approximate surface area is 120 Å². The summed E-state index contributed by atoms with van der Waals surface area (Å²) in [5.41, 5.74) is -1.25. The van der Waals surface area contributed by atoms with Crippen molar-refractivity contribution in [1.82, 2.24) is 4.72 Å². The summed E-state index contributed by atoms with van der Waals surface area (Å²) in [4.78, 5) is 9.62. The lowest BCUT2D eigenvalue weighted by Gasteiger charge is -2.20. The molecular formula is C10H12Cl2N2O4S. The number of nitrogens with zero attached hydrogens (tertiary/aromatic N) is 1. The van der Waals surface area contributed by atoms with Gasteiger partial charge in [-0.05, 0) is 26.8 Å². The highest BCUT2D eigenvalue weighted by molar-refractivity contribution is 7.89. The second-order valence-corrected chi connectivity index (χ2v) is 7.31. The van der Waals surface area contributed by atoms with Crippen molar-refractivity contribution in [3.8, 4) is 0 Å². The van der Waals surface area contributed by atoms with Crippen molar-refractivity contribution in [1.29, 1.82) is 0 Å². The molecule has 0 atom stereocenters. The molecule has 0 aliphatic rings. The number of halogens is 2. The first-order valence-electron chi connectivity index (χ1n) is 5.11. The largest absolute Gasteiger partial charge is 0.289 e. The van der Waals surface area contributed by atoms with Crippen molar-refractivity contribution in [3.05, 3.63) is 32.3 Å². The van der Waals surface area contributed by atoms with E-state index in [0.717, 1.165) is 12.1 Å². The normalized spacial score (nSPS) is 12.5. The maximum Gasteiger partial charge on any atom is 0.289 e. The van der Waals surface area contributed by atoms with Crippen LogP contribution in [0.15, 0.2) is 17.0 Å². The van der Waals surface area contributed by atoms with Gasteiger partial charge in [-0.1, -0.05) is 23.2 Å². The number of sulfonamides is 1. The van der Waals surface area contributed by atoms with Crippen LogP contribution in [-0.4, -0.2) is 18.9 Å². The third-order valence-corrected chi connectivity index (χ3v) is 4.45. The van der Waals surface area contributed by atoms with Gasteiger partial charge < -0.3 is 0 Å². The van der Waals surface area contributed by atoms with Crippen LogP contribution in [0.2, 0.25) is 10.0 Å². The van der Waals surface area contributed by atoms with Crippen LogP contribution in [-0.2, 0) is 10.0 Å². The Balaban J connectivity index is 3.43. The Hall–Kier alpha value is -0.890. The van der Waals surface area contributed by atoms with E-state index in [9.17, 15) is 18.5 Å². The van der Waals surface area contributed by atoms with Crippen LogP contribution in [0, 0.1) is 10.1 Å². The highest BCUT2D eigenvalue weighted by Gasteiger charge is 2.27. The summed E-state index contributed by atoms with van der Waals surface area (Å²) in [6.07, 6.45) is 0. The van der Waals surface area contributed by atoms with Crippen LogP contribution in [0.25, 0.3) is 0 Å². The summed E-state index contributed by atoms with van der Waals surface area (Å²) in [5, 5.41) is 10.4. The minimum absolute atomic E-state index is 0.174. The summed E-state index contributed by atoms with van der Waals surface area (Å²) in [6.45, 7) is 4.92. The van der Waals surface area contributed by atoms with Gasteiger partial charge in [0.05, 0.1) is 9.95 Å². The van der Waals surface area contributed by atoms with E-state index in [1.807, 2.05) is 0 Å². The van der Waals surface area contributed by atoms with Crippen molar-refractivity contribution >= 4 is 38.9 Å². The fourth-order valence-electron chi connectivity index (χ4n) is 1.32. The SMILES string of the molecule is CC(C)(C)NS(=O)(=O)c1cc([N+](=O)[O-])c(Cl)cc1Cl. The molecule has 0 unspecified atom stereocenters. The minimum Gasteiger partial charge on any atom is -0.258 e. The maximum absolute atomic E-state index is 12.1. The zero-order valence-corrected chi connectivity index (χ0v) is 12.7. The minimum atomic E-state index is -3.97. The van der Waals surface area contributed by atoms with Gasteiger partial charge >= 0.3 is 0 Å². The van der Waals surface area contributed by atoms with Gasteiger partial charge in [0.25, 0.3) is 5.69 Å². The van der Waals surface area contributed by atoms with E-state index < -0.39 is 26.2 Å². The topological polar surface area (TPSA) is 89.3 Å². The molecule has 0 aliphatic heterocycles. The quantitative estimate of drug-likeness (QED) is 0.683. The number of hydrogen-bond donors (Lipinski definition) is 1. The number of nitro groups is 1. The molecular weight excluding hydrogens is 315 g/mol. The Morgan fingerprint density at radius 1 is 1.21 bits per heavy atom. The summed E-state index contributed by atoms with van der Waals surface area (Å²) >= 11 is 11.4. The van der Waals surface area contributed by atoms with Crippen molar-refractivity contribution in [2.45, 2.75) is 31.2 Å². The first kappa shape index (κ1) is 16.2. The summed E-state index contributed by atoms with van der Waals surface area (Å²) in [5.74, 6) is 0. The van der Waals surface area contributed by atoms with E-state index in [4.69, 9.17) is 23.2 Å². The lowest BCUT2D eigenvalue weighted by Crippen LogP contribution is -2.40. The number of benzene rings is 1. The van der Waals surface area contributed by atoms with E-state index in [0.29, 0.717) is 0 Å². The van der Waals surface area contributed by atoms with Gasteiger partial charge in [0.15, 0.2) is 0 Å². The maximum atomic E-state index is 12.1. The predicted octanol–water partition coefficient (Wildman–Crippen LogP) is 2.98. The van der Waals surface area contributed by atoms with Crippen LogP contribution in [0.5, 0.6) is 0 Å². The number of rotatable bonds is 3. The Bertz CT molecular complexity index is 623. The van der Waals surface area contributed by atoms with Crippen LogP contribution < -0.4 is 4.72 Å². The molecule has 106 valence electrons. The molecule has 0 spiro atoms. The van der Waals surface area contributed by atoms with Gasteiger partial charge in [0.1, 0.15) is 9.92 Å². The number of hydrogen-bond acceptors (Lipinski definition) is 4. The summed E-state index contributed by atoms with van der Waals surface area (Å²) < 4.78 is 26.5. The van der Waals surface area contributed by atoms with Crippen molar-refractivity contribution < 1.29 is 13.3 Å². The van der Waals surface area contributed by atoms with Crippen LogP contribution in [0.3, 0.4) is 0 Å². The van der Waals surface area contributed by atoms with Gasteiger partial charge in [-0.2, -0.15) is 0 Å². The molecule has 1 aromatic carbocycles. The molecule has 0 heterocycles. The fraction of sp³-hybridized carbons (Fsp3) is 0.400. The molecule has 0 radical (unpaired) electrons. The summed E-state index contributed by atoms with van der Waals surface area (Å²) in [7, 11) is -3.97. The number of nitro benzene ring substituents is 1. The number of nitrogens with one attached hydrogen (secondary N) is 1. The Morgan fingerprint density at radius 2 is 1.74 bits per heavy atom. The van der Waals surface area contributed by atoms with Gasteiger partial charge in [-0.25, -0.2) is 13.1 Å². The van der Waals surface area contributed by atoms with Crippen molar-refractivity contribution in [3.63, 3.8) is 0 Å². The molecule has 1 N–H and O–H groups in total. The van der Waals surface area contributed by atoms with Crippen LogP contribution in [0.1, 0.15) is 20.8 Å².